The number of hydrogen-bond donors (Lipinski definition) is 2. The minimum Gasteiger partial charge on any atom is -0.504 e. The van der Waals surface area contributed by atoms with Crippen LogP contribution in [0.2, 0.25) is 0 Å². The van der Waals surface area contributed by atoms with Crippen LogP contribution in [0.15, 0.2) is 23.0 Å². The largest absolute Gasteiger partial charge is 0.504 e. The average Bonchev–Trinajstić information content (AvgIpc) is 2.63. The average molecular weight is 361 g/mol. The first-order chi connectivity index (χ1) is 12.7. The SMILES string of the molecule is CCCCCCOc1ccc2c(O)c(OCCCCCC)c(=O)[nH]c2c1. The van der Waals surface area contributed by atoms with Gasteiger partial charge in [-0.1, -0.05) is 52.4 Å². The number of aromatic nitrogens is 1. The molecule has 5 nitrogen and oxygen atoms in total. The second kappa shape index (κ2) is 10.7. The lowest BCUT2D eigenvalue weighted by molar-refractivity contribution is 0.286. The van der Waals surface area contributed by atoms with Gasteiger partial charge in [-0.2, -0.15) is 0 Å². The van der Waals surface area contributed by atoms with E-state index in [-0.39, 0.29) is 11.5 Å². The number of benzene rings is 1. The van der Waals surface area contributed by atoms with Crippen LogP contribution in [0.25, 0.3) is 10.9 Å². The summed E-state index contributed by atoms with van der Waals surface area (Å²) in [6.45, 7) is 5.40. The van der Waals surface area contributed by atoms with Crippen LogP contribution in [0.1, 0.15) is 65.2 Å². The Labute approximate surface area is 155 Å². The topological polar surface area (TPSA) is 71.5 Å². The second-order valence-corrected chi connectivity index (χ2v) is 6.66. The molecule has 0 saturated carbocycles. The molecule has 0 bridgehead atoms. The van der Waals surface area contributed by atoms with Crippen molar-refractivity contribution < 1.29 is 14.6 Å². The van der Waals surface area contributed by atoms with Crippen molar-refractivity contribution in [3.8, 4) is 17.2 Å². The van der Waals surface area contributed by atoms with Crippen LogP contribution in [0.4, 0.5) is 0 Å². The van der Waals surface area contributed by atoms with Gasteiger partial charge in [0.05, 0.1) is 18.7 Å². The van der Waals surface area contributed by atoms with Crippen molar-refractivity contribution >= 4 is 10.9 Å². The van der Waals surface area contributed by atoms with Gasteiger partial charge in [0.2, 0.25) is 5.75 Å². The van der Waals surface area contributed by atoms with Gasteiger partial charge in [-0.3, -0.25) is 4.79 Å². The molecule has 0 saturated heterocycles. The Morgan fingerprint density at radius 3 is 2.23 bits per heavy atom. The van der Waals surface area contributed by atoms with Gasteiger partial charge < -0.3 is 19.6 Å². The summed E-state index contributed by atoms with van der Waals surface area (Å²) in [5.41, 5.74) is 0.141. The fourth-order valence-corrected chi connectivity index (χ4v) is 2.89. The molecule has 2 N–H and O–H groups in total. The predicted octanol–water partition coefficient (Wildman–Crippen LogP) is 5.15. The standard InChI is InChI=1S/C21H31NO4/c1-3-5-7-9-13-25-16-11-12-17-18(15-16)22-21(24)20(19(17)23)26-14-10-8-6-4-2/h11-12,15H,3-10,13-14H2,1-2H3,(H2,22,23,24). The fourth-order valence-electron chi connectivity index (χ4n) is 2.89. The van der Waals surface area contributed by atoms with E-state index in [9.17, 15) is 9.90 Å². The monoisotopic (exact) mass is 361 g/mol. The molecule has 144 valence electrons. The van der Waals surface area contributed by atoms with E-state index in [1.165, 1.54) is 12.8 Å². The minimum absolute atomic E-state index is 0.00207. The van der Waals surface area contributed by atoms with Crippen molar-refractivity contribution in [3.05, 3.63) is 28.6 Å². The molecule has 0 aliphatic heterocycles. The van der Waals surface area contributed by atoms with Crippen LogP contribution < -0.4 is 15.0 Å². The summed E-state index contributed by atoms with van der Waals surface area (Å²) in [4.78, 5) is 15.0. The van der Waals surface area contributed by atoms with Gasteiger partial charge in [-0.25, -0.2) is 0 Å². The van der Waals surface area contributed by atoms with E-state index in [1.807, 2.05) is 6.07 Å². The zero-order valence-corrected chi connectivity index (χ0v) is 16.0. The highest BCUT2D eigenvalue weighted by Crippen LogP contribution is 2.32. The van der Waals surface area contributed by atoms with E-state index in [0.717, 1.165) is 38.5 Å². The number of unbranched alkanes of at least 4 members (excludes halogenated alkanes) is 6. The lowest BCUT2D eigenvalue weighted by Crippen LogP contribution is -2.12. The first-order valence-corrected chi connectivity index (χ1v) is 9.82. The maximum atomic E-state index is 12.2. The van der Waals surface area contributed by atoms with Crippen molar-refractivity contribution in [2.75, 3.05) is 13.2 Å². The minimum atomic E-state index is -0.411. The lowest BCUT2D eigenvalue weighted by Gasteiger charge is -2.11. The number of ether oxygens (including phenoxy) is 2. The highest BCUT2D eigenvalue weighted by atomic mass is 16.5. The summed E-state index contributed by atoms with van der Waals surface area (Å²) in [6.07, 6.45) is 8.79. The van der Waals surface area contributed by atoms with E-state index in [1.54, 1.807) is 12.1 Å². The van der Waals surface area contributed by atoms with Crippen molar-refractivity contribution in [2.45, 2.75) is 65.2 Å². The molecule has 2 aromatic rings. The normalized spacial score (nSPS) is 11.0. The predicted molar refractivity (Wildman–Crippen MR) is 106 cm³/mol. The summed E-state index contributed by atoms with van der Waals surface area (Å²) in [7, 11) is 0. The molecule has 0 unspecified atom stereocenters. The summed E-state index contributed by atoms with van der Waals surface area (Å²) in [5, 5.41) is 11.0. The molecule has 5 heteroatoms. The van der Waals surface area contributed by atoms with Gasteiger partial charge >= 0.3 is 0 Å². The van der Waals surface area contributed by atoms with E-state index >= 15 is 0 Å². The molecule has 1 heterocycles. The smallest absolute Gasteiger partial charge is 0.294 e. The third kappa shape index (κ3) is 5.68. The van der Waals surface area contributed by atoms with Crippen molar-refractivity contribution in [1.29, 1.82) is 0 Å². The van der Waals surface area contributed by atoms with Gasteiger partial charge in [-0.15, -0.1) is 0 Å². The number of rotatable bonds is 12. The van der Waals surface area contributed by atoms with Gasteiger partial charge in [0.25, 0.3) is 5.56 Å². The highest BCUT2D eigenvalue weighted by Gasteiger charge is 2.13. The molecule has 1 aromatic carbocycles. The first kappa shape index (κ1) is 20.1. The van der Waals surface area contributed by atoms with Crippen LogP contribution in [-0.2, 0) is 0 Å². The Morgan fingerprint density at radius 1 is 0.923 bits per heavy atom. The van der Waals surface area contributed by atoms with Crippen LogP contribution in [0.3, 0.4) is 0 Å². The number of aromatic amines is 1. The van der Waals surface area contributed by atoms with E-state index in [4.69, 9.17) is 9.47 Å². The van der Waals surface area contributed by atoms with Gasteiger partial charge in [-0.05, 0) is 25.0 Å². The molecular weight excluding hydrogens is 330 g/mol. The molecule has 0 atom stereocenters. The van der Waals surface area contributed by atoms with Crippen LogP contribution >= 0.6 is 0 Å². The first-order valence-electron chi connectivity index (χ1n) is 9.82. The molecule has 0 fully saturated rings. The van der Waals surface area contributed by atoms with Gasteiger partial charge in [0.15, 0.2) is 5.75 Å². The molecular formula is C21H31NO4. The van der Waals surface area contributed by atoms with E-state index in [0.29, 0.717) is 29.9 Å². The van der Waals surface area contributed by atoms with Gasteiger partial charge in [0, 0.05) is 11.5 Å². The summed E-state index contributed by atoms with van der Waals surface area (Å²) < 4.78 is 11.3. The van der Waals surface area contributed by atoms with Crippen LogP contribution in [0, 0.1) is 0 Å². The molecule has 0 aliphatic carbocycles. The van der Waals surface area contributed by atoms with Crippen LogP contribution in [0.5, 0.6) is 17.2 Å². The maximum Gasteiger partial charge on any atom is 0.294 e. The third-order valence-electron chi connectivity index (χ3n) is 4.43. The number of H-pyrrole nitrogens is 1. The summed E-state index contributed by atoms with van der Waals surface area (Å²) >= 11 is 0. The molecule has 0 amide bonds. The Balaban J connectivity index is 2.03. The zero-order valence-electron chi connectivity index (χ0n) is 16.0. The number of hydrogen-bond acceptors (Lipinski definition) is 4. The van der Waals surface area contributed by atoms with Crippen LogP contribution in [-0.4, -0.2) is 23.3 Å². The van der Waals surface area contributed by atoms with Crippen molar-refractivity contribution in [2.24, 2.45) is 0 Å². The Morgan fingerprint density at radius 2 is 1.58 bits per heavy atom. The number of pyridine rings is 1. The van der Waals surface area contributed by atoms with Crippen molar-refractivity contribution in [3.63, 3.8) is 0 Å². The molecule has 0 radical (unpaired) electrons. The molecule has 1 aromatic heterocycles. The van der Waals surface area contributed by atoms with E-state index < -0.39 is 5.56 Å². The third-order valence-corrected chi connectivity index (χ3v) is 4.43. The lowest BCUT2D eigenvalue weighted by atomic mass is 10.2. The molecule has 26 heavy (non-hydrogen) atoms. The maximum absolute atomic E-state index is 12.2. The Kier molecular flexibility index (Phi) is 8.32. The Bertz CT molecular complexity index is 739. The molecule has 2 rings (SSSR count). The zero-order chi connectivity index (χ0) is 18.8. The highest BCUT2D eigenvalue weighted by molar-refractivity contribution is 5.87. The summed E-state index contributed by atoms with van der Waals surface area (Å²) in [5.74, 6) is 0.591. The van der Waals surface area contributed by atoms with Gasteiger partial charge in [0.1, 0.15) is 5.75 Å². The Hall–Kier alpha value is -2.17. The molecule has 0 spiro atoms. The number of aromatic hydroxyl groups is 1. The van der Waals surface area contributed by atoms with E-state index in [2.05, 4.69) is 18.8 Å². The quantitative estimate of drug-likeness (QED) is 0.513. The fraction of sp³-hybridized carbons (Fsp3) is 0.571. The molecule has 0 aliphatic rings. The summed E-state index contributed by atoms with van der Waals surface area (Å²) in [6, 6.07) is 5.32. The second-order valence-electron chi connectivity index (χ2n) is 6.66. The number of nitrogens with one attached hydrogen (secondary N) is 1. The van der Waals surface area contributed by atoms with Crippen molar-refractivity contribution in [1.82, 2.24) is 4.98 Å². The number of fused-ring (bicyclic) bond motifs is 1.